The number of aromatic nitrogens is 2. The number of aryl methyl sites for hydroxylation is 1. The van der Waals surface area contributed by atoms with Gasteiger partial charge in [-0.3, -0.25) is 0 Å². The lowest BCUT2D eigenvalue weighted by molar-refractivity contribution is -0.696. The molecule has 0 aliphatic carbocycles. The van der Waals surface area contributed by atoms with Crippen LogP contribution < -0.4 is 19.3 Å². The fourth-order valence-electron chi connectivity index (χ4n) is 4.88. The standard InChI is InChI=1S/C16H14N.C13H16N.C9H8O4.C6H10O4/c1-2-6-14(7-3-1)12-17-11-10-15-8-4-5-9-16(15)13-17;1-2-3-9-14-10-8-12-6-4-5-7-13(12)11-14;10-8(11)9(12)13-6-7-4-2-1-3-5-7;1-2-3-4-10-6(9)5(7)8/h1-11,13H,12H2;4-8,10-11H,2-3,9H2,1H3;1-5H,6H2,(H,10,11);2-4H2,1H3,(H,7,8)/q2*+1;;/p-2. The number of carbonyl (C=O) groups is 4. The Morgan fingerprint density at radius 1 is 0.519 bits per heavy atom. The molecular formula is C44H46N2O8. The number of ether oxygens (including phenoxy) is 2. The first-order valence-corrected chi connectivity index (χ1v) is 17.8. The lowest BCUT2D eigenvalue weighted by atomic mass is 10.1. The summed E-state index contributed by atoms with van der Waals surface area (Å²) in [6.07, 6.45) is 12.8. The first-order valence-electron chi connectivity index (χ1n) is 17.8. The number of esters is 2. The molecule has 54 heavy (non-hydrogen) atoms. The van der Waals surface area contributed by atoms with E-state index in [9.17, 15) is 29.4 Å². The van der Waals surface area contributed by atoms with Crippen molar-refractivity contribution in [1.29, 1.82) is 0 Å². The third-order valence-electron chi connectivity index (χ3n) is 7.75. The van der Waals surface area contributed by atoms with Crippen molar-refractivity contribution in [2.24, 2.45) is 0 Å². The third-order valence-corrected chi connectivity index (χ3v) is 7.75. The normalized spacial score (nSPS) is 9.96. The van der Waals surface area contributed by atoms with Gasteiger partial charge in [0.1, 0.15) is 13.2 Å². The molecule has 6 rings (SSSR count). The number of pyridine rings is 2. The second-order valence-electron chi connectivity index (χ2n) is 12.0. The summed E-state index contributed by atoms with van der Waals surface area (Å²) >= 11 is 0. The molecule has 2 aromatic heterocycles. The SMILES string of the molecule is CCCCOC(=O)C(=O)[O-].CCCC[n+]1ccc2ccccc2c1.O=C([O-])C(=O)OCc1ccccc1.c1ccc(C[n+]2ccc3ccccc3c2)cc1. The highest BCUT2D eigenvalue weighted by molar-refractivity contribution is 6.27. The van der Waals surface area contributed by atoms with E-state index >= 15 is 0 Å². The Bertz CT molecular complexity index is 2050. The van der Waals surface area contributed by atoms with Crippen LogP contribution in [0.5, 0.6) is 0 Å². The van der Waals surface area contributed by atoms with E-state index in [1.54, 1.807) is 24.3 Å². The molecule has 0 aliphatic rings. The molecule has 0 unspecified atom stereocenters. The van der Waals surface area contributed by atoms with Gasteiger partial charge in [0.25, 0.3) is 0 Å². The highest BCUT2D eigenvalue weighted by Gasteiger charge is 2.05. The predicted molar refractivity (Wildman–Crippen MR) is 201 cm³/mol. The number of fused-ring (bicyclic) bond motifs is 2. The lowest BCUT2D eigenvalue weighted by Gasteiger charge is -2.04. The number of aliphatic carboxylic acids is 2. The number of nitrogens with zero attached hydrogens (tertiary/aromatic N) is 2. The molecule has 0 spiro atoms. The highest BCUT2D eigenvalue weighted by Crippen LogP contribution is 2.11. The molecule has 0 fully saturated rings. The maximum Gasteiger partial charge on any atom is 0.354 e. The zero-order valence-corrected chi connectivity index (χ0v) is 30.7. The largest absolute Gasteiger partial charge is 0.539 e. The van der Waals surface area contributed by atoms with Crippen molar-refractivity contribution < 1.29 is 48.0 Å². The number of unbranched alkanes of at least 4 members (excludes halogenated alkanes) is 2. The lowest BCUT2D eigenvalue weighted by Crippen LogP contribution is -2.33. The van der Waals surface area contributed by atoms with Gasteiger partial charge in [0.2, 0.25) is 0 Å². The molecule has 0 radical (unpaired) electrons. The van der Waals surface area contributed by atoms with Crippen LogP contribution in [0.15, 0.2) is 146 Å². The van der Waals surface area contributed by atoms with E-state index < -0.39 is 23.9 Å². The molecule has 280 valence electrons. The topological polar surface area (TPSA) is 141 Å². The summed E-state index contributed by atoms with van der Waals surface area (Å²) in [5, 5.41) is 24.9. The van der Waals surface area contributed by atoms with E-state index in [1.807, 2.05) is 13.0 Å². The predicted octanol–water partition coefficient (Wildman–Crippen LogP) is 4.66. The Morgan fingerprint density at radius 2 is 0.963 bits per heavy atom. The van der Waals surface area contributed by atoms with Crippen LogP contribution in [0.4, 0.5) is 0 Å². The fourth-order valence-corrected chi connectivity index (χ4v) is 4.88. The van der Waals surface area contributed by atoms with Gasteiger partial charge in [-0.25, -0.2) is 18.7 Å². The molecule has 0 bridgehead atoms. The minimum atomic E-state index is -1.82. The van der Waals surface area contributed by atoms with Crippen LogP contribution in [0.25, 0.3) is 21.5 Å². The van der Waals surface area contributed by atoms with Crippen LogP contribution in [0, 0.1) is 0 Å². The van der Waals surface area contributed by atoms with Crippen molar-refractivity contribution in [3.8, 4) is 0 Å². The Hall–Kier alpha value is -6.42. The maximum absolute atomic E-state index is 10.4. The number of carbonyl (C=O) groups excluding carboxylic acids is 4. The average molecular weight is 731 g/mol. The van der Waals surface area contributed by atoms with Crippen LogP contribution in [0.2, 0.25) is 0 Å². The number of hydrogen-bond donors (Lipinski definition) is 0. The minimum absolute atomic E-state index is 0.0480. The molecule has 0 amide bonds. The fraction of sp³-hybridized carbons (Fsp3) is 0.227. The number of carboxylic acid groups (broad SMARTS) is 2. The number of carboxylic acids is 2. The van der Waals surface area contributed by atoms with E-state index in [4.69, 9.17) is 0 Å². The van der Waals surface area contributed by atoms with E-state index in [1.165, 1.54) is 39.9 Å². The molecule has 0 saturated carbocycles. The van der Waals surface area contributed by atoms with E-state index in [0.29, 0.717) is 6.42 Å². The second kappa shape index (κ2) is 23.9. The summed E-state index contributed by atoms with van der Waals surface area (Å²) in [7, 11) is 0. The van der Waals surface area contributed by atoms with Crippen LogP contribution in [0.1, 0.15) is 50.7 Å². The molecule has 6 aromatic rings. The Labute approximate surface area is 315 Å². The average Bonchev–Trinajstić information content (AvgIpc) is 3.20. The summed E-state index contributed by atoms with van der Waals surface area (Å²) in [5.74, 6) is -6.23. The quantitative estimate of drug-likeness (QED) is 0.0859. The monoisotopic (exact) mass is 730 g/mol. The Balaban J connectivity index is 0.000000197. The van der Waals surface area contributed by atoms with Gasteiger partial charge in [0, 0.05) is 34.9 Å². The van der Waals surface area contributed by atoms with Gasteiger partial charge in [-0.2, -0.15) is 0 Å². The van der Waals surface area contributed by atoms with Crippen molar-refractivity contribution in [3.63, 3.8) is 0 Å². The molecule has 0 atom stereocenters. The summed E-state index contributed by atoms with van der Waals surface area (Å²) in [6.45, 7) is 6.29. The van der Waals surface area contributed by atoms with Crippen molar-refractivity contribution in [3.05, 3.63) is 157 Å². The van der Waals surface area contributed by atoms with Crippen molar-refractivity contribution >= 4 is 45.4 Å². The summed E-state index contributed by atoms with van der Waals surface area (Å²) < 4.78 is 13.1. The van der Waals surface area contributed by atoms with Gasteiger partial charge in [0.05, 0.1) is 6.61 Å². The van der Waals surface area contributed by atoms with Gasteiger partial charge in [-0.1, -0.05) is 124 Å². The summed E-state index contributed by atoms with van der Waals surface area (Å²) in [5.41, 5.74) is 2.06. The first-order chi connectivity index (χ1) is 26.2. The zero-order chi connectivity index (χ0) is 39.0. The molecule has 0 aliphatic heterocycles. The van der Waals surface area contributed by atoms with Gasteiger partial charge in [0.15, 0.2) is 43.3 Å². The highest BCUT2D eigenvalue weighted by atomic mass is 16.6. The van der Waals surface area contributed by atoms with Crippen molar-refractivity contribution in [1.82, 2.24) is 0 Å². The minimum Gasteiger partial charge on any atom is -0.539 e. The number of hydrogen-bond acceptors (Lipinski definition) is 8. The van der Waals surface area contributed by atoms with E-state index in [2.05, 4.69) is 141 Å². The Kier molecular flexibility index (Phi) is 18.6. The van der Waals surface area contributed by atoms with E-state index in [0.717, 1.165) is 25.1 Å². The number of benzene rings is 4. The molecule has 4 aromatic carbocycles. The first kappa shape index (κ1) is 42.0. The van der Waals surface area contributed by atoms with Crippen LogP contribution in [-0.2, 0) is 48.3 Å². The molecule has 0 saturated heterocycles. The summed E-state index contributed by atoms with van der Waals surface area (Å²) in [6, 6.07) is 40.6. The molecular weight excluding hydrogens is 684 g/mol. The molecule has 0 N–H and O–H groups in total. The molecule has 2 heterocycles. The Morgan fingerprint density at radius 3 is 1.48 bits per heavy atom. The maximum atomic E-state index is 10.4. The van der Waals surface area contributed by atoms with Gasteiger partial charge in [-0.15, -0.1) is 0 Å². The third kappa shape index (κ3) is 15.9. The van der Waals surface area contributed by atoms with Gasteiger partial charge < -0.3 is 29.3 Å². The number of rotatable bonds is 10. The van der Waals surface area contributed by atoms with Gasteiger partial charge >= 0.3 is 11.9 Å². The van der Waals surface area contributed by atoms with Crippen LogP contribution in [0.3, 0.4) is 0 Å². The van der Waals surface area contributed by atoms with Crippen molar-refractivity contribution in [2.75, 3.05) is 6.61 Å². The smallest absolute Gasteiger partial charge is 0.354 e. The van der Waals surface area contributed by atoms with E-state index in [-0.39, 0.29) is 13.2 Å². The van der Waals surface area contributed by atoms with Crippen LogP contribution >= 0.6 is 0 Å². The van der Waals surface area contributed by atoms with Crippen LogP contribution in [-0.4, -0.2) is 30.5 Å². The molecule has 10 heteroatoms. The molecule has 10 nitrogen and oxygen atoms in total. The zero-order valence-electron chi connectivity index (χ0n) is 30.7. The summed E-state index contributed by atoms with van der Waals surface area (Å²) in [4.78, 5) is 40.2. The van der Waals surface area contributed by atoms with Gasteiger partial charge in [-0.05, 0) is 34.9 Å². The van der Waals surface area contributed by atoms with Crippen molar-refractivity contribution in [2.45, 2.75) is 59.2 Å². The second-order valence-corrected chi connectivity index (χ2v) is 12.0.